The van der Waals surface area contributed by atoms with E-state index in [1.165, 1.54) is 18.3 Å². The van der Waals surface area contributed by atoms with Gasteiger partial charge in [0.2, 0.25) is 5.91 Å². The van der Waals surface area contributed by atoms with Gasteiger partial charge in [-0.05, 0) is 36.6 Å². The van der Waals surface area contributed by atoms with Crippen LogP contribution in [0.5, 0.6) is 0 Å². The monoisotopic (exact) mass is 433 g/mol. The minimum Gasteiger partial charge on any atom is -0.478 e. The second-order valence-electron chi connectivity index (χ2n) is 8.28. The number of carbonyl (C=O) groups is 3. The summed E-state index contributed by atoms with van der Waals surface area (Å²) in [7, 11) is 0. The second kappa shape index (κ2) is 9.34. The normalized spacial score (nSPS) is 13.8. The van der Waals surface area contributed by atoms with Crippen LogP contribution in [0.15, 0.2) is 42.7 Å². The number of nitrogens with zero attached hydrogens (tertiary/aromatic N) is 2. The Hall–Kier alpha value is -3.48. The maximum absolute atomic E-state index is 13.3. The maximum atomic E-state index is 13.3. The molecule has 3 aromatic rings. The van der Waals surface area contributed by atoms with Gasteiger partial charge >= 0.3 is 5.97 Å². The minimum absolute atomic E-state index is 0.0655. The lowest BCUT2D eigenvalue weighted by molar-refractivity contribution is -0.119. The fourth-order valence-electron chi connectivity index (χ4n) is 4.42. The zero-order valence-electron chi connectivity index (χ0n) is 18.1. The molecule has 0 bridgehead atoms. The molecule has 0 aliphatic heterocycles. The minimum atomic E-state index is -1.06. The number of hydrogen-bond acceptors (Lipinski definition) is 4. The third kappa shape index (κ3) is 4.28. The number of Topliss-reactive ketones (excluding diaryl/α,β-unsaturated/α-hetero) is 1. The van der Waals surface area contributed by atoms with Crippen LogP contribution in [-0.4, -0.2) is 32.3 Å². The van der Waals surface area contributed by atoms with Crippen LogP contribution in [0.25, 0.3) is 10.9 Å². The Bertz CT molecular complexity index is 1160. The highest BCUT2D eigenvalue weighted by atomic mass is 16.4. The van der Waals surface area contributed by atoms with E-state index in [-0.39, 0.29) is 17.3 Å². The van der Waals surface area contributed by atoms with E-state index >= 15 is 0 Å². The number of rotatable bonds is 9. The molecular weight excluding hydrogens is 406 g/mol. The van der Waals surface area contributed by atoms with Crippen molar-refractivity contribution in [1.82, 2.24) is 9.55 Å². The predicted molar refractivity (Wildman–Crippen MR) is 122 cm³/mol. The van der Waals surface area contributed by atoms with Crippen molar-refractivity contribution >= 4 is 34.4 Å². The summed E-state index contributed by atoms with van der Waals surface area (Å²) in [5.74, 6) is -0.800. The average molecular weight is 434 g/mol. The van der Waals surface area contributed by atoms with Crippen LogP contribution in [0.2, 0.25) is 0 Å². The molecule has 0 radical (unpaired) electrons. The highest BCUT2D eigenvalue weighted by molar-refractivity contribution is 6.11. The van der Waals surface area contributed by atoms with Crippen molar-refractivity contribution < 1.29 is 19.5 Å². The van der Waals surface area contributed by atoms with E-state index in [0.29, 0.717) is 25.1 Å². The summed E-state index contributed by atoms with van der Waals surface area (Å²) in [4.78, 5) is 40.9. The number of carboxylic acid groups (broad SMARTS) is 1. The number of carbonyl (C=O) groups excluding carboxylic acids is 2. The number of amides is 1. The van der Waals surface area contributed by atoms with Crippen LogP contribution in [-0.2, 0) is 11.2 Å². The first-order valence-electron chi connectivity index (χ1n) is 11.2. The number of benzene rings is 1. The fraction of sp³-hybridized carbons (Fsp3) is 0.360. The van der Waals surface area contributed by atoms with Crippen molar-refractivity contribution in [1.29, 1.82) is 0 Å². The summed E-state index contributed by atoms with van der Waals surface area (Å²) in [5.41, 5.74) is 2.80. The van der Waals surface area contributed by atoms with Gasteiger partial charge in [-0.15, -0.1) is 0 Å². The highest BCUT2D eigenvalue weighted by Gasteiger charge is 2.27. The molecule has 2 aromatic heterocycles. The fourth-order valence-corrected chi connectivity index (χ4v) is 4.42. The van der Waals surface area contributed by atoms with Gasteiger partial charge in [-0.2, -0.15) is 0 Å². The number of aryl methyl sites for hydroxylation is 1. The Morgan fingerprint density at radius 3 is 2.72 bits per heavy atom. The molecule has 1 amide bonds. The molecule has 1 aliphatic carbocycles. The van der Waals surface area contributed by atoms with Gasteiger partial charge < -0.3 is 15.0 Å². The van der Waals surface area contributed by atoms with Crippen molar-refractivity contribution in [2.75, 3.05) is 5.32 Å². The number of carboxylic acids is 1. The summed E-state index contributed by atoms with van der Waals surface area (Å²) in [6.45, 7) is 2.15. The molecule has 1 aromatic carbocycles. The van der Waals surface area contributed by atoms with E-state index in [1.54, 1.807) is 0 Å². The van der Waals surface area contributed by atoms with Gasteiger partial charge in [-0.1, -0.05) is 44.7 Å². The zero-order chi connectivity index (χ0) is 22.7. The van der Waals surface area contributed by atoms with Gasteiger partial charge in [0.25, 0.3) is 0 Å². The Labute approximate surface area is 186 Å². The van der Waals surface area contributed by atoms with E-state index < -0.39 is 12.0 Å². The van der Waals surface area contributed by atoms with Crippen molar-refractivity contribution in [2.45, 2.75) is 57.9 Å². The van der Waals surface area contributed by atoms with Gasteiger partial charge in [-0.25, -0.2) is 9.78 Å². The topological polar surface area (TPSA) is 101 Å². The molecule has 4 rings (SSSR count). The second-order valence-corrected chi connectivity index (χ2v) is 8.28. The summed E-state index contributed by atoms with van der Waals surface area (Å²) >= 11 is 0. The van der Waals surface area contributed by atoms with E-state index in [4.69, 9.17) is 5.11 Å². The van der Waals surface area contributed by atoms with Crippen molar-refractivity contribution in [2.24, 2.45) is 0 Å². The van der Waals surface area contributed by atoms with Crippen molar-refractivity contribution in [3.8, 4) is 0 Å². The molecule has 7 nitrogen and oxygen atoms in total. The van der Waals surface area contributed by atoms with E-state index in [0.717, 1.165) is 47.7 Å². The summed E-state index contributed by atoms with van der Waals surface area (Å²) in [5, 5.41) is 12.9. The lowest BCUT2D eigenvalue weighted by Crippen LogP contribution is -2.26. The predicted octanol–water partition coefficient (Wildman–Crippen LogP) is 5.01. The lowest BCUT2D eigenvalue weighted by atomic mass is 9.92. The highest BCUT2D eigenvalue weighted by Crippen LogP contribution is 2.34. The van der Waals surface area contributed by atoms with Crippen LogP contribution < -0.4 is 5.32 Å². The van der Waals surface area contributed by atoms with Crippen LogP contribution in [0, 0.1) is 0 Å². The molecule has 7 heteroatoms. The van der Waals surface area contributed by atoms with Gasteiger partial charge in [0.15, 0.2) is 5.78 Å². The Morgan fingerprint density at radius 2 is 2.00 bits per heavy atom. The summed E-state index contributed by atoms with van der Waals surface area (Å²) < 4.78 is 2.00. The summed E-state index contributed by atoms with van der Waals surface area (Å²) in [6.07, 6.45) is 9.27. The molecule has 166 valence electrons. The number of unbranched alkanes of at least 4 members (excludes halogenated alkanes) is 3. The van der Waals surface area contributed by atoms with Gasteiger partial charge in [0.05, 0.1) is 5.56 Å². The van der Waals surface area contributed by atoms with Crippen LogP contribution in [0.3, 0.4) is 0 Å². The SMILES string of the molecule is CCCCCCC(C(=O)Nc1ccc(C(=O)O)cn1)n1cc2c3c(cccc31)C(=O)CC2. The standard InChI is InChI=1S/C25H27N3O4/c1-2-3-4-5-8-20(24(30)27-22-13-11-16(14-26-22)25(31)32)28-15-17-10-12-21(29)18-7-6-9-19(28)23(17)18/h6-7,9,11,13-15,20H,2-5,8,10,12H2,1H3,(H,31,32)(H,26,27,30). The Kier molecular flexibility index (Phi) is 6.35. The number of anilines is 1. The molecule has 1 atom stereocenters. The Morgan fingerprint density at radius 1 is 1.16 bits per heavy atom. The van der Waals surface area contributed by atoms with E-state index in [9.17, 15) is 14.4 Å². The van der Waals surface area contributed by atoms with Crippen LogP contribution in [0.4, 0.5) is 5.82 Å². The van der Waals surface area contributed by atoms with E-state index in [1.807, 2.05) is 29.0 Å². The number of pyridine rings is 1. The zero-order valence-corrected chi connectivity index (χ0v) is 18.1. The molecule has 32 heavy (non-hydrogen) atoms. The van der Waals surface area contributed by atoms with Gasteiger partial charge in [0, 0.05) is 35.3 Å². The number of hydrogen-bond donors (Lipinski definition) is 2. The first-order valence-corrected chi connectivity index (χ1v) is 11.2. The third-order valence-corrected chi connectivity index (χ3v) is 6.09. The molecule has 0 spiro atoms. The molecule has 2 heterocycles. The van der Waals surface area contributed by atoms with Crippen LogP contribution in [0.1, 0.15) is 77.8 Å². The van der Waals surface area contributed by atoms with Crippen LogP contribution >= 0.6 is 0 Å². The van der Waals surface area contributed by atoms with Crippen molar-refractivity contribution in [3.63, 3.8) is 0 Å². The van der Waals surface area contributed by atoms with Crippen molar-refractivity contribution in [3.05, 3.63) is 59.4 Å². The molecule has 2 N–H and O–H groups in total. The van der Waals surface area contributed by atoms with Gasteiger partial charge in [-0.3, -0.25) is 9.59 Å². The first kappa shape index (κ1) is 21.7. The molecule has 0 saturated carbocycles. The quantitative estimate of drug-likeness (QED) is 0.462. The number of ketones is 1. The molecule has 0 saturated heterocycles. The number of aromatic nitrogens is 2. The molecular formula is C25H27N3O4. The van der Waals surface area contributed by atoms with Gasteiger partial charge in [0.1, 0.15) is 11.9 Å². The average Bonchev–Trinajstić information content (AvgIpc) is 3.16. The smallest absolute Gasteiger partial charge is 0.337 e. The molecule has 1 aliphatic rings. The summed E-state index contributed by atoms with van der Waals surface area (Å²) in [6, 6.07) is 8.17. The first-order chi connectivity index (χ1) is 15.5. The molecule has 1 unspecified atom stereocenters. The maximum Gasteiger partial charge on any atom is 0.337 e. The number of nitrogens with one attached hydrogen (secondary N) is 1. The molecule has 0 fully saturated rings. The third-order valence-electron chi connectivity index (χ3n) is 6.09. The Balaban J connectivity index is 1.66. The lowest BCUT2D eigenvalue weighted by Gasteiger charge is -2.20. The van der Waals surface area contributed by atoms with E-state index in [2.05, 4.69) is 17.2 Å². The number of aromatic carboxylic acids is 1. The largest absolute Gasteiger partial charge is 0.478 e.